The number of hydrogen-bond acceptors (Lipinski definition) is 5. The van der Waals surface area contributed by atoms with E-state index in [2.05, 4.69) is 20.8 Å². The van der Waals surface area contributed by atoms with Gasteiger partial charge in [0.25, 0.3) is 11.6 Å². The zero-order valence-electron chi connectivity index (χ0n) is 18.8. The van der Waals surface area contributed by atoms with Crippen LogP contribution in [0.1, 0.15) is 53.2 Å². The Labute approximate surface area is 196 Å². The summed E-state index contributed by atoms with van der Waals surface area (Å²) in [7, 11) is 0. The van der Waals surface area contributed by atoms with Gasteiger partial charge >= 0.3 is 0 Å². The maximum absolute atomic E-state index is 13.6. The number of nitrogens with zero attached hydrogens (tertiary/aromatic N) is 2. The van der Waals surface area contributed by atoms with Gasteiger partial charge in [0.15, 0.2) is 0 Å². The van der Waals surface area contributed by atoms with Crippen LogP contribution in [-0.2, 0) is 4.79 Å². The van der Waals surface area contributed by atoms with Crippen molar-refractivity contribution < 1.29 is 14.1 Å². The summed E-state index contributed by atoms with van der Waals surface area (Å²) in [5, 5.41) is 10.9. The van der Waals surface area contributed by atoms with E-state index < -0.39 is 0 Å². The second-order valence-electron chi connectivity index (χ2n) is 9.19. The van der Waals surface area contributed by atoms with E-state index in [1.807, 2.05) is 55.5 Å². The van der Waals surface area contributed by atoms with Gasteiger partial charge in [-0.05, 0) is 56.4 Å². The molecule has 2 heterocycles. The Balaban J connectivity index is 1.38. The monoisotopic (exact) mass is 452 g/mol. The van der Waals surface area contributed by atoms with Crippen molar-refractivity contribution >= 4 is 34.3 Å². The number of fused-ring (bicyclic) bond motifs is 1. The van der Waals surface area contributed by atoms with Crippen molar-refractivity contribution in [1.29, 1.82) is 0 Å². The number of aromatic nitrogens is 2. The Morgan fingerprint density at radius 3 is 2.50 bits per heavy atom. The third-order valence-corrected chi connectivity index (χ3v) is 6.46. The fourth-order valence-electron chi connectivity index (χ4n) is 4.14. The zero-order valence-corrected chi connectivity index (χ0v) is 18.8. The smallest absolute Gasteiger partial charge is 0.259 e. The standard InChI is InChI=1S/C27H24N4O3/c1-15-7-12-19(28-25(32)18-10-11-18)13-21(15)29-26(33)20-14-22(16-8-9-16)30-27-23(20)24(31-34-27)17-5-3-2-4-6-17/h2-7,12-14,16,18H,8-11H2,1H3,(H,28,32)(H,29,33). The van der Waals surface area contributed by atoms with Crippen molar-refractivity contribution in [2.75, 3.05) is 10.6 Å². The lowest BCUT2D eigenvalue weighted by Crippen LogP contribution is -2.16. The third kappa shape index (κ3) is 3.94. The van der Waals surface area contributed by atoms with Crippen LogP contribution in [0.25, 0.3) is 22.4 Å². The van der Waals surface area contributed by atoms with Crippen molar-refractivity contribution in [3.8, 4) is 11.3 Å². The molecule has 2 aliphatic carbocycles. The van der Waals surface area contributed by atoms with Crippen LogP contribution in [0.4, 0.5) is 11.4 Å². The molecule has 0 unspecified atom stereocenters. The third-order valence-electron chi connectivity index (χ3n) is 6.46. The van der Waals surface area contributed by atoms with E-state index in [4.69, 9.17) is 4.52 Å². The number of rotatable bonds is 6. The van der Waals surface area contributed by atoms with Crippen LogP contribution in [-0.4, -0.2) is 22.0 Å². The van der Waals surface area contributed by atoms with Crippen LogP contribution >= 0.6 is 0 Å². The lowest BCUT2D eigenvalue weighted by Gasteiger charge is -2.13. The Morgan fingerprint density at radius 1 is 0.971 bits per heavy atom. The Hall–Kier alpha value is -4.00. The molecule has 2 N–H and O–H groups in total. The summed E-state index contributed by atoms with van der Waals surface area (Å²) in [6.45, 7) is 1.93. The lowest BCUT2D eigenvalue weighted by atomic mass is 10.0. The number of benzene rings is 2. The van der Waals surface area contributed by atoms with Crippen LogP contribution in [0.5, 0.6) is 0 Å². The summed E-state index contributed by atoms with van der Waals surface area (Å²) in [4.78, 5) is 30.5. The molecule has 2 aliphatic rings. The highest BCUT2D eigenvalue weighted by Gasteiger charge is 2.30. The molecular formula is C27H24N4O3. The minimum Gasteiger partial charge on any atom is -0.335 e. The van der Waals surface area contributed by atoms with Crippen molar-refractivity contribution in [3.05, 3.63) is 71.4 Å². The first-order valence-electron chi connectivity index (χ1n) is 11.7. The van der Waals surface area contributed by atoms with E-state index in [9.17, 15) is 9.59 Å². The largest absolute Gasteiger partial charge is 0.335 e. The first kappa shape index (κ1) is 20.6. The van der Waals surface area contributed by atoms with Gasteiger partial charge in [-0.3, -0.25) is 9.59 Å². The summed E-state index contributed by atoms with van der Waals surface area (Å²) in [6, 6.07) is 17.1. The van der Waals surface area contributed by atoms with Crippen molar-refractivity contribution in [3.63, 3.8) is 0 Å². The molecule has 4 aromatic rings. The molecular weight excluding hydrogens is 428 g/mol. The highest BCUT2D eigenvalue weighted by Crippen LogP contribution is 2.41. The van der Waals surface area contributed by atoms with E-state index in [0.717, 1.165) is 42.5 Å². The van der Waals surface area contributed by atoms with Crippen LogP contribution in [0.15, 0.2) is 59.1 Å². The number of carbonyl (C=O) groups excluding carboxylic acids is 2. The van der Waals surface area contributed by atoms with Gasteiger partial charge in [-0.15, -0.1) is 0 Å². The summed E-state index contributed by atoms with van der Waals surface area (Å²) in [5.74, 6) is 0.227. The molecule has 2 aromatic carbocycles. The van der Waals surface area contributed by atoms with E-state index in [-0.39, 0.29) is 17.7 Å². The summed E-state index contributed by atoms with van der Waals surface area (Å²) in [5.41, 5.74) is 5.39. The van der Waals surface area contributed by atoms with Crippen LogP contribution < -0.4 is 10.6 Å². The van der Waals surface area contributed by atoms with Crippen molar-refractivity contribution in [2.24, 2.45) is 5.92 Å². The average molecular weight is 453 g/mol. The van der Waals surface area contributed by atoms with E-state index in [0.29, 0.717) is 39.6 Å². The van der Waals surface area contributed by atoms with Crippen molar-refractivity contribution in [2.45, 2.75) is 38.5 Å². The van der Waals surface area contributed by atoms with Gasteiger partial charge < -0.3 is 15.2 Å². The number of pyridine rings is 1. The minimum atomic E-state index is -0.261. The fourth-order valence-corrected chi connectivity index (χ4v) is 4.14. The van der Waals surface area contributed by atoms with E-state index in [1.165, 1.54) is 0 Å². The van der Waals surface area contributed by atoms with Gasteiger partial charge in [0.2, 0.25) is 5.91 Å². The molecule has 170 valence electrons. The molecule has 0 bridgehead atoms. The molecule has 2 fully saturated rings. The van der Waals surface area contributed by atoms with Gasteiger partial charge in [-0.2, -0.15) is 0 Å². The maximum Gasteiger partial charge on any atom is 0.259 e. The quantitative estimate of drug-likeness (QED) is 0.392. The molecule has 2 amide bonds. The summed E-state index contributed by atoms with van der Waals surface area (Å²) in [6.07, 6.45) is 3.98. The molecule has 0 spiro atoms. The van der Waals surface area contributed by atoms with Crippen molar-refractivity contribution in [1.82, 2.24) is 10.1 Å². The highest BCUT2D eigenvalue weighted by molar-refractivity contribution is 6.15. The van der Waals surface area contributed by atoms with E-state index >= 15 is 0 Å². The molecule has 7 heteroatoms. The predicted octanol–water partition coefficient (Wildman–Crippen LogP) is 5.68. The normalized spacial score (nSPS) is 15.3. The molecule has 6 rings (SSSR count). The molecule has 0 saturated heterocycles. The lowest BCUT2D eigenvalue weighted by molar-refractivity contribution is -0.117. The second kappa shape index (κ2) is 8.09. The number of hydrogen-bond donors (Lipinski definition) is 2. The Kier molecular flexibility index (Phi) is 4.90. The minimum absolute atomic E-state index is 0.0306. The molecule has 0 atom stereocenters. The van der Waals surface area contributed by atoms with E-state index in [1.54, 1.807) is 6.07 Å². The first-order chi connectivity index (χ1) is 16.6. The van der Waals surface area contributed by atoms with Gasteiger partial charge in [0, 0.05) is 34.5 Å². The predicted molar refractivity (Wildman–Crippen MR) is 130 cm³/mol. The number of carbonyl (C=O) groups is 2. The SMILES string of the molecule is Cc1ccc(NC(=O)C2CC2)cc1NC(=O)c1cc(C2CC2)nc2onc(-c3ccccc3)c12. The number of nitrogens with one attached hydrogen (secondary N) is 2. The summed E-state index contributed by atoms with van der Waals surface area (Å²) < 4.78 is 5.59. The van der Waals surface area contributed by atoms with Gasteiger partial charge in [-0.1, -0.05) is 41.6 Å². The topological polar surface area (TPSA) is 97.1 Å². The Morgan fingerprint density at radius 2 is 1.76 bits per heavy atom. The highest BCUT2D eigenvalue weighted by atomic mass is 16.5. The van der Waals surface area contributed by atoms with Crippen LogP contribution in [0, 0.1) is 12.8 Å². The molecule has 2 aromatic heterocycles. The number of amides is 2. The van der Waals surface area contributed by atoms with Crippen LogP contribution in [0.3, 0.4) is 0 Å². The molecule has 2 saturated carbocycles. The Bertz CT molecular complexity index is 1420. The maximum atomic E-state index is 13.6. The number of aryl methyl sites for hydroxylation is 1. The zero-order chi connectivity index (χ0) is 23.2. The first-order valence-corrected chi connectivity index (χ1v) is 11.7. The second-order valence-corrected chi connectivity index (χ2v) is 9.19. The van der Waals surface area contributed by atoms with Gasteiger partial charge in [0.1, 0.15) is 5.69 Å². The fraction of sp³-hybridized carbons (Fsp3) is 0.259. The van der Waals surface area contributed by atoms with Crippen LogP contribution in [0.2, 0.25) is 0 Å². The van der Waals surface area contributed by atoms with Gasteiger partial charge in [0.05, 0.1) is 10.9 Å². The molecule has 34 heavy (non-hydrogen) atoms. The molecule has 0 aliphatic heterocycles. The summed E-state index contributed by atoms with van der Waals surface area (Å²) >= 11 is 0. The average Bonchev–Trinajstić information content (AvgIpc) is 3.77. The van der Waals surface area contributed by atoms with Gasteiger partial charge in [-0.25, -0.2) is 4.98 Å². The molecule has 0 radical (unpaired) electrons. The molecule has 7 nitrogen and oxygen atoms in total. The number of anilines is 2.